The number of carbonyl (C=O) groups excluding carboxylic acids is 2. The van der Waals surface area contributed by atoms with Gasteiger partial charge in [0, 0.05) is 18.1 Å². The minimum Gasteiger partial charge on any atom is -0.477 e. The van der Waals surface area contributed by atoms with Crippen LogP contribution in [-0.4, -0.2) is 72.6 Å². The van der Waals surface area contributed by atoms with Crippen LogP contribution in [0.4, 0.5) is 4.79 Å². The van der Waals surface area contributed by atoms with E-state index < -0.39 is 29.3 Å². The average molecular weight is 396 g/mol. The summed E-state index contributed by atoms with van der Waals surface area (Å²) in [6.45, 7) is 3.77. The molecule has 0 spiro atoms. The molecule has 1 saturated heterocycles. The summed E-state index contributed by atoms with van der Waals surface area (Å²) in [7, 11) is 0. The molecule has 0 aliphatic carbocycles. The molecule has 0 bridgehead atoms. The van der Waals surface area contributed by atoms with E-state index in [0.717, 1.165) is 0 Å². The molecule has 4 N–H and O–H groups in total. The summed E-state index contributed by atoms with van der Waals surface area (Å²) in [4.78, 5) is 41.1. The van der Waals surface area contributed by atoms with Gasteiger partial charge in [-0.3, -0.25) is 14.8 Å². The minimum atomic E-state index is -1.16. The zero-order chi connectivity index (χ0) is 18.7. The van der Waals surface area contributed by atoms with Gasteiger partial charge in [0.25, 0.3) is 5.91 Å². The lowest BCUT2D eigenvalue weighted by molar-refractivity contribution is -0.148. The second-order valence-corrected chi connectivity index (χ2v) is 7.44. The maximum absolute atomic E-state index is 12.4. The number of carboxylic acid groups (broad SMARTS) is 1. The molecule has 1 fully saturated rings. The summed E-state index contributed by atoms with van der Waals surface area (Å²) >= 11 is 2.73. The van der Waals surface area contributed by atoms with Gasteiger partial charge >= 0.3 is 12.0 Å². The molecule has 2 aliphatic heterocycles. The van der Waals surface area contributed by atoms with Crippen LogP contribution in [0.2, 0.25) is 0 Å². The van der Waals surface area contributed by atoms with Gasteiger partial charge in [-0.15, -0.1) is 18.3 Å². The molecular weight excluding hydrogens is 380 g/mol. The van der Waals surface area contributed by atoms with Crippen molar-refractivity contribution in [2.75, 3.05) is 18.1 Å². The Balaban J connectivity index is 1.70. The smallest absolute Gasteiger partial charge is 0.352 e. The van der Waals surface area contributed by atoms with Gasteiger partial charge in [-0.05, 0) is 5.57 Å². The van der Waals surface area contributed by atoms with Gasteiger partial charge in [-0.2, -0.15) is 5.10 Å². The predicted molar refractivity (Wildman–Crippen MR) is 95.4 cm³/mol. The second kappa shape index (κ2) is 7.83. The largest absolute Gasteiger partial charge is 0.477 e. The quantitative estimate of drug-likeness (QED) is 0.287. The number of β-lactam (4-membered cyclic amide) rings is 1. The Morgan fingerprint density at radius 3 is 3.04 bits per heavy atom. The van der Waals surface area contributed by atoms with Crippen molar-refractivity contribution in [1.29, 1.82) is 0 Å². The van der Waals surface area contributed by atoms with E-state index in [1.165, 1.54) is 40.8 Å². The maximum Gasteiger partial charge on any atom is 0.352 e. The van der Waals surface area contributed by atoms with Crippen molar-refractivity contribution in [1.82, 2.24) is 30.7 Å². The molecule has 0 radical (unpaired) electrons. The molecule has 26 heavy (non-hydrogen) atoms. The molecule has 1 aromatic rings. The normalized spacial score (nSPS) is 21.7. The average Bonchev–Trinajstić information content (AvgIpc) is 3.15. The van der Waals surface area contributed by atoms with Crippen LogP contribution in [-0.2, 0) is 9.59 Å². The van der Waals surface area contributed by atoms with E-state index in [2.05, 4.69) is 32.4 Å². The first-order chi connectivity index (χ1) is 12.5. The van der Waals surface area contributed by atoms with Crippen LogP contribution in [0.5, 0.6) is 0 Å². The highest BCUT2D eigenvalue weighted by atomic mass is 32.2. The van der Waals surface area contributed by atoms with Crippen LogP contribution >= 0.6 is 23.5 Å². The van der Waals surface area contributed by atoms with Gasteiger partial charge in [0.05, 0.1) is 0 Å². The number of rotatable bonds is 7. The number of aliphatic carboxylic acids is 1. The number of hydrogen-bond donors (Lipinski definition) is 4. The van der Waals surface area contributed by atoms with Gasteiger partial charge in [0.15, 0.2) is 5.16 Å². The molecule has 1 aromatic heterocycles. The summed E-state index contributed by atoms with van der Waals surface area (Å²) in [5.41, 5.74) is 0.610. The molecule has 0 saturated carbocycles. The lowest BCUT2D eigenvalue weighted by Crippen LogP contribution is -2.71. The number of urea groups is 1. The Morgan fingerprint density at radius 1 is 1.58 bits per heavy atom. The molecule has 1 unspecified atom stereocenters. The molecule has 0 aromatic carbocycles. The highest BCUT2D eigenvalue weighted by molar-refractivity contribution is 8.01. The number of carbonyl (C=O) groups is 3. The minimum absolute atomic E-state index is 0.0182. The van der Waals surface area contributed by atoms with E-state index in [-0.39, 0.29) is 12.2 Å². The lowest BCUT2D eigenvalue weighted by atomic mass is 10.0. The van der Waals surface area contributed by atoms with Gasteiger partial charge in [-0.25, -0.2) is 14.6 Å². The fourth-order valence-corrected chi connectivity index (χ4v) is 4.83. The van der Waals surface area contributed by atoms with Crippen molar-refractivity contribution in [2.24, 2.45) is 0 Å². The summed E-state index contributed by atoms with van der Waals surface area (Å²) in [6, 6.07) is -1.24. The topological polar surface area (TPSA) is 140 Å². The molecule has 2 aliphatic rings. The first kappa shape index (κ1) is 18.3. The Kier molecular flexibility index (Phi) is 5.52. The summed E-state index contributed by atoms with van der Waals surface area (Å²) in [6.07, 6.45) is 2.89. The van der Waals surface area contributed by atoms with Crippen molar-refractivity contribution in [3.8, 4) is 0 Å². The number of aromatic amines is 1. The molecule has 3 rings (SSSR count). The number of amides is 3. The van der Waals surface area contributed by atoms with Crippen molar-refractivity contribution in [2.45, 2.75) is 16.6 Å². The first-order valence-electron chi connectivity index (χ1n) is 7.56. The Bertz CT molecular complexity index is 765. The SMILES string of the molecule is C=CCNC(=O)NC1C(=O)N2C(C(=O)O)=C(CSc3ncn[nH]3)CS[C@@H]12. The van der Waals surface area contributed by atoms with E-state index in [0.29, 0.717) is 22.2 Å². The molecular formula is C14H16N6O4S2. The van der Waals surface area contributed by atoms with Gasteiger partial charge in [0.2, 0.25) is 0 Å². The zero-order valence-electron chi connectivity index (χ0n) is 13.5. The summed E-state index contributed by atoms with van der Waals surface area (Å²) < 4.78 is 0. The summed E-state index contributed by atoms with van der Waals surface area (Å²) in [5, 5.41) is 21.3. The van der Waals surface area contributed by atoms with Crippen molar-refractivity contribution >= 4 is 41.4 Å². The maximum atomic E-state index is 12.4. The number of nitrogens with zero attached hydrogens (tertiary/aromatic N) is 3. The number of nitrogens with one attached hydrogen (secondary N) is 3. The fourth-order valence-electron chi connectivity index (χ4n) is 2.57. The van der Waals surface area contributed by atoms with Gasteiger partial charge < -0.3 is 15.7 Å². The van der Waals surface area contributed by atoms with E-state index >= 15 is 0 Å². The van der Waals surface area contributed by atoms with Crippen molar-refractivity contribution < 1.29 is 19.5 Å². The van der Waals surface area contributed by atoms with Crippen LogP contribution < -0.4 is 10.6 Å². The zero-order valence-corrected chi connectivity index (χ0v) is 15.1. The van der Waals surface area contributed by atoms with Gasteiger partial charge in [0.1, 0.15) is 23.4 Å². The third-order valence-electron chi connectivity index (χ3n) is 3.72. The van der Waals surface area contributed by atoms with E-state index in [4.69, 9.17) is 0 Å². The monoisotopic (exact) mass is 396 g/mol. The molecule has 10 nitrogen and oxygen atoms in total. The second-order valence-electron chi connectivity index (χ2n) is 5.37. The Labute approximate surface area is 156 Å². The molecule has 2 atom stereocenters. The van der Waals surface area contributed by atoms with Crippen molar-refractivity contribution in [3.05, 3.63) is 30.3 Å². The standard InChI is InChI=1S/C14H16N6O4S2/c1-2-3-15-13(24)18-8-10(21)20-9(12(22)23)7(4-25-11(8)20)5-26-14-16-6-17-19-14/h2,6,8,11H,1,3-5H2,(H,22,23)(H2,15,18,24)(H,16,17,19)/t8?,11-/m0/s1. The van der Waals surface area contributed by atoms with Crippen LogP contribution in [0.1, 0.15) is 0 Å². The lowest BCUT2D eigenvalue weighted by Gasteiger charge is -2.49. The number of aromatic nitrogens is 3. The molecule has 3 heterocycles. The number of fused-ring (bicyclic) bond motifs is 1. The fraction of sp³-hybridized carbons (Fsp3) is 0.357. The molecule has 3 amide bonds. The summed E-state index contributed by atoms with van der Waals surface area (Å²) in [5.74, 6) is -0.774. The van der Waals surface area contributed by atoms with E-state index in [1.807, 2.05) is 0 Å². The van der Waals surface area contributed by atoms with Crippen LogP contribution in [0, 0.1) is 0 Å². The molecule has 138 valence electrons. The molecule has 12 heteroatoms. The Morgan fingerprint density at radius 2 is 2.38 bits per heavy atom. The van der Waals surface area contributed by atoms with Crippen LogP contribution in [0.3, 0.4) is 0 Å². The number of thioether (sulfide) groups is 2. The Hall–Kier alpha value is -2.47. The predicted octanol–water partition coefficient (Wildman–Crippen LogP) is 0.00440. The number of H-pyrrole nitrogens is 1. The third kappa shape index (κ3) is 3.55. The number of hydrogen-bond acceptors (Lipinski definition) is 7. The first-order valence-corrected chi connectivity index (χ1v) is 9.59. The van der Waals surface area contributed by atoms with E-state index in [9.17, 15) is 19.5 Å². The number of carboxylic acids is 1. The van der Waals surface area contributed by atoms with Crippen molar-refractivity contribution in [3.63, 3.8) is 0 Å². The van der Waals surface area contributed by atoms with Crippen LogP contribution in [0.25, 0.3) is 0 Å². The van der Waals surface area contributed by atoms with Crippen LogP contribution in [0.15, 0.2) is 35.4 Å². The van der Waals surface area contributed by atoms with E-state index in [1.54, 1.807) is 0 Å². The third-order valence-corrected chi connectivity index (χ3v) is 6.02. The highest BCUT2D eigenvalue weighted by Crippen LogP contribution is 2.41. The highest BCUT2D eigenvalue weighted by Gasteiger charge is 2.54. The van der Waals surface area contributed by atoms with Gasteiger partial charge in [-0.1, -0.05) is 17.8 Å².